The third-order valence-electron chi connectivity index (χ3n) is 11.7. The Hall–Kier alpha value is -6.90. The van der Waals surface area contributed by atoms with E-state index in [2.05, 4.69) is 15.8 Å². The van der Waals surface area contributed by atoms with E-state index >= 15 is 0 Å². The SMILES string of the molecule is COC1/C=C/OC2(C)Oc3c(C)c(O)c4c(O)c(c(/C=N/Nc5ccc([N+](=O)[O-])cc5[N+](=O)[O-])cc4c3C2=O)NC(=O)/C(C)=C\C=C\C(C)C(O)C(C)C(O)C(C)C(OC(C)=O)C1C. The van der Waals surface area contributed by atoms with Crippen LogP contribution in [0.25, 0.3) is 10.8 Å². The molecule has 5 bridgehead atoms. The summed E-state index contributed by atoms with van der Waals surface area (Å²) in [4.78, 5) is 61.9. The van der Waals surface area contributed by atoms with Crippen LogP contribution >= 0.6 is 0 Å². The maximum Gasteiger partial charge on any atom is 0.312 e. The molecule has 6 rings (SSSR count). The van der Waals surface area contributed by atoms with Crippen LogP contribution in [0, 0.1) is 50.8 Å². The molecule has 0 radical (unpaired) electrons. The highest BCUT2D eigenvalue weighted by Crippen LogP contribution is 2.51. The minimum atomic E-state index is -2.07. The number of nitro groups is 2. The number of hydrazone groups is 1. The smallest absolute Gasteiger partial charge is 0.312 e. The van der Waals surface area contributed by atoms with Crippen molar-refractivity contribution in [3.8, 4) is 17.2 Å². The van der Waals surface area contributed by atoms with Crippen LogP contribution in [0.5, 0.6) is 17.2 Å². The summed E-state index contributed by atoms with van der Waals surface area (Å²) in [5, 5.41) is 75.7. The van der Waals surface area contributed by atoms with E-state index in [1.54, 1.807) is 33.8 Å². The molecule has 0 fully saturated rings. The van der Waals surface area contributed by atoms with Gasteiger partial charge in [0.15, 0.2) is 5.75 Å². The van der Waals surface area contributed by atoms with Crippen molar-refractivity contribution >= 4 is 57.4 Å². The number of fused-ring (bicyclic) bond motifs is 14. The van der Waals surface area contributed by atoms with Crippen LogP contribution in [0.2, 0.25) is 0 Å². The van der Waals surface area contributed by atoms with Crippen LogP contribution < -0.4 is 15.5 Å². The number of phenols is 2. The molecular weight excluding hydrogens is 839 g/mol. The average Bonchev–Trinajstić information content (AvgIpc) is 3.51. The Morgan fingerprint density at radius 1 is 0.984 bits per heavy atom. The van der Waals surface area contributed by atoms with Gasteiger partial charge in [0.1, 0.15) is 23.3 Å². The van der Waals surface area contributed by atoms with Gasteiger partial charge in [0.2, 0.25) is 0 Å². The average molecular weight is 890 g/mol. The van der Waals surface area contributed by atoms with Gasteiger partial charge in [0, 0.05) is 72.8 Å². The molecule has 0 aromatic heterocycles. The second kappa shape index (κ2) is 19.2. The van der Waals surface area contributed by atoms with Crippen LogP contribution in [0.1, 0.15) is 70.0 Å². The minimum absolute atomic E-state index is 0.0331. The quantitative estimate of drug-likeness (QED) is 0.0498. The second-order valence-corrected chi connectivity index (χ2v) is 16.1. The van der Waals surface area contributed by atoms with E-state index in [1.165, 1.54) is 65.4 Å². The van der Waals surface area contributed by atoms with Gasteiger partial charge in [-0.15, -0.1) is 0 Å². The Balaban J connectivity index is 1.69. The van der Waals surface area contributed by atoms with Gasteiger partial charge in [-0.3, -0.25) is 40.0 Å². The summed E-state index contributed by atoms with van der Waals surface area (Å²) in [6, 6.07) is 4.14. The van der Waals surface area contributed by atoms with Crippen LogP contribution in [0.3, 0.4) is 0 Å². The number of aliphatic hydroxyl groups excluding tert-OH is 2. The number of non-ortho nitro benzene ring substituents is 1. The highest BCUT2D eigenvalue weighted by atomic mass is 16.7. The lowest BCUT2D eigenvalue weighted by atomic mass is 9.78. The maximum atomic E-state index is 14.4. The maximum absolute atomic E-state index is 14.4. The van der Waals surface area contributed by atoms with Gasteiger partial charge in [-0.2, -0.15) is 5.10 Å². The van der Waals surface area contributed by atoms with Crippen LogP contribution in [0.15, 0.2) is 65.5 Å². The number of nitro benzene ring substituents is 2. The number of ether oxygens (including phenoxy) is 4. The lowest BCUT2D eigenvalue weighted by molar-refractivity contribution is -0.393. The summed E-state index contributed by atoms with van der Waals surface area (Å²) in [7, 11) is 1.41. The molecule has 3 heterocycles. The number of rotatable bonds is 7. The van der Waals surface area contributed by atoms with Crippen molar-refractivity contribution in [2.24, 2.45) is 28.8 Å². The topological polar surface area (TPSA) is 292 Å². The van der Waals surface area contributed by atoms with E-state index in [0.717, 1.165) is 24.4 Å². The number of hydrogen-bond donors (Lipinski definition) is 6. The van der Waals surface area contributed by atoms with Crippen molar-refractivity contribution in [1.29, 1.82) is 0 Å². The number of carbonyl (C=O) groups excluding carboxylic acids is 3. The molecule has 20 heteroatoms. The monoisotopic (exact) mass is 889 g/mol. The van der Waals surface area contributed by atoms with Gasteiger partial charge < -0.3 is 44.7 Å². The molecule has 3 aliphatic rings. The fraction of sp³-hybridized carbons (Fsp3) is 0.409. The Labute approximate surface area is 367 Å². The number of esters is 1. The van der Waals surface area contributed by atoms with Crippen LogP contribution in [-0.4, -0.2) is 91.5 Å². The van der Waals surface area contributed by atoms with Crippen molar-refractivity contribution in [2.75, 3.05) is 17.9 Å². The lowest BCUT2D eigenvalue weighted by Gasteiger charge is -2.38. The van der Waals surface area contributed by atoms with Crippen LogP contribution in [0.4, 0.5) is 22.7 Å². The summed E-state index contributed by atoms with van der Waals surface area (Å²) >= 11 is 0. The van der Waals surface area contributed by atoms with E-state index in [4.69, 9.17) is 18.9 Å². The standard InChI is InChI=1S/C44H51N5O15/c1-20-11-10-12-21(2)43(56)46-35-27(19-45-47-30-14-13-28(48(57)58)18-31(30)49(59)60)17-29-33(39(35)54)38(53)25(6)41-34(29)42(55)44(8,64-41)62-16-15-32(61-9)22(3)40(63-26(7)50)24(5)37(52)23(4)36(20)51/h10-20,22-24,32,36-37,40,47,51-54H,1-9H3,(H,46,56)/b11-10+,16-15+,21-12-,45-19+. The molecule has 3 aromatic carbocycles. The molecule has 3 aromatic rings. The normalized spacial score (nSPS) is 28.5. The zero-order valence-electron chi connectivity index (χ0n) is 36.5. The highest BCUT2D eigenvalue weighted by Gasteiger charge is 2.49. The van der Waals surface area contributed by atoms with E-state index in [1.807, 2.05) is 0 Å². The van der Waals surface area contributed by atoms with Gasteiger partial charge in [-0.1, -0.05) is 45.9 Å². The number of hydrogen-bond acceptors (Lipinski definition) is 17. The molecule has 20 nitrogen and oxygen atoms in total. The predicted octanol–water partition coefficient (Wildman–Crippen LogP) is 6.31. The summed E-state index contributed by atoms with van der Waals surface area (Å²) < 4.78 is 23.5. The molecule has 342 valence electrons. The van der Waals surface area contributed by atoms with Gasteiger partial charge in [-0.25, -0.2) is 0 Å². The number of aromatic hydroxyl groups is 2. The van der Waals surface area contributed by atoms with Crippen molar-refractivity contribution in [2.45, 2.75) is 85.6 Å². The molecule has 0 saturated carbocycles. The van der Waals surface area contributed by atoms with Crippen molar-refractivity contribution in [3.05, 3.63) is 97.3 Å². The Morgan fingerprint density at radius 3 is 2.30 bits per heavy atom. The van der Waals surface area contributed by atoms with E-state index in [0.29, 0.717) is 0 Å². The molecule has 0 spiro atoms. The number of amides is 1. The third kappa shape index (κ3) is 9.53. The number of phenolic OH excluding ortho intramolecular Hbond substituents is 2. The van der Waals surface area contributed by atoms with Gasteiger partial charge >= 0.3 is 17.4 Å². The first kappa shape index (κ1) is 48.1. The lowest BCUT2D eigenvalue weighted by Crippen LogP contribution is -2.46. The predicted molar refractivity (Wildman–Crippen MR) is 233 cm³/mol. The van der Waals surface area contributed by atoms with Gasteiger partial charge in [-0.05, 0) is 32.1 Å². The number of Topliss-reactive ketones (excluding diaryl/α,β-unsaturated/α-hetero) is 1. The molecule has 6 N–H and O–H groups in total. The molecule has 64 heavy (non-hydrogen) atoms. The van der Waals surface area contributed by atoms with Crippen LogP contribution in [-0.2, 0) is 23.8 Å². The number of aliphatic hydroxyl groups is 2. The number of benzene rings is 3. The van der Waals surface area contributed by atoms with Crippen molar-refractivity contribution < 1.29 is 63.6 Å². The Kier molecular flexibility index (Phi) is 14.5. The zero-order valence-corrected chi connectivity index (χ0v) is 36.5. The van der Waals surface area contributed by atoms with E-state index < -0.39 is 104 Å². The molecule has 0 aliphatic carbocycles. The summed E-state index contributed by atoms with van der Waals surface area (Å²) in [5.74, 6) is -8.15. The number of carbonyl (C=O) groups is 3. The fourth-order valence-electron chi connectivity index (χ4n) is 7.83. The zero-order chi connectivity index (χ0) is 47.5. The third-order valence-corrected chi connectivity index (χ3v) is 11.7. The second-order valence-electron chi connectivity index (χ2n) is 16.1. The summed E-state index contributed by atoms with van der Waals surface area (Å²) in [6.07, 6.45) is 4.21. The van der Waals surface area contributed by atoms with Gasteiger partial charge in [0.25, 0.3) is 17.4 Å². The number of nitrogens with one attached hydrogen (secondary N) is 2. The molecule has 3 aliphatic heterocycles. The van der Waals surface area contributed by atoms with E-state index in [-0.39, 0.29) is 50.2 Å². The van der Waals surface area contributed by atoms with Gasteiger partial charge in [0.05, 0.1) is 63.3 Å². The van der Waals surface area contributed by atoms with E-state index in [9.17, 15) is 55.0 Å². The van der Waals surface area contributed by atoms with Crippen molar-refractivity contribution in [1.82, 2.24) is 0 Å². The Morgan fingerprint density at radius 2 is 1.67 bits per heavy atom. The summed E-state index contributed by atoms with van der Waals surface area (Å²) in [6.45, 7) is 12.2. The van der Waals surface area contributed by atoms with Crippen molar-refractivity contribution in [3.63, 3.8) is 0 Å². The summed E-state index contributed by atoms with van der Waals surface area (Å²) in [5.41, 5.74) is 0.593. The molecule has 9 atom stereocenters. The minimum Gasteiger partial charge on any atom is -0.507 e. The highest BCUT2D eigenvalue weighted by molar-refractivity contribution is 6.21. The fourth-order valence-corrected chi connectivity index (χ4v) is 7.83. The number of methoxy groups -OCH3 is 1. The Bertz CT molecular complexity index is 2500. The first-order chi connectivity index (χ1) is 30.0. The first-order valence-electron chi connectivity index (χ1n) is 20.1. The number of nitrogens with zero attached hydrogens (tertiary/aromatic N) is 3. The number of allylic oxidation sites excluding steroid dienone is 2. The molecule has 9 unspecified atom stereocenters. The largest absolute Gasteiger partial charge is 0.507 e. The first-order valence-corrected chi connectivity index (χ1v) is 20.1. The molecule has 0 saturated heterocycles. The number of ketones is 1. The molecule has 1 amide bonds. The molecular formula is C44H51N5O15. The number of anilines is 2.